The van der Waals surface area contributed by atoms with Gasteiger partial charge in [0.2, 0.25) is 5.88 Å². The van der Waals surface area contributed by atoms with Crippen molar-refractivity contribution < 1.29 is 14.6 Å². The monoisotopic (exact) mass is 260 g/mol. The highest BCUT2D eigenvalue weighted by atomic mass is 16.5. The van der Waals surface area contributed by atoms with E-state index >= 15 is 0 Å². The highest BCUT2D eigenvalue weighted by Gasteiger charge is 2.14. The second-order valence-electron chi connectivity index (χ2n) is 4.22. The van der Waals surface area contributed by atoms with E-state index in [1.54, 1.807) is 36.1 Å². The van der Waals surface area contributed by atoms with E-state index in [4.69, 9.17) is 4.74 Å². The summed E-state index contributed by atoms with van der Waals surface area (Å²) in [6, 6.07) is 7.02. The molecule has 0 radical (unpaired) electrons. The Hall–Kier alpha value is -2.30. The molecule has 0 fully saturated rings. The number of hydrogen-bond donors (Lipinski definition) is 1. The smallest absolute Gasteiger partial charge is 0.336 e. The molecule has 1 heterocycles. The van der Waals surface area contributed by atoms with Crippen LogP contribution in [0.2, 0.25) is 0 Å². The minimum Gasteiger partial charge on any atom is -0.478 e. The number of nitrogens with zero attached hydrogens (tertiary/aromatic N) is 2. The van der Waals surface area contributed by atoms with Crippen LogP contribution >= 0.6 is 0 Å². The molecule has 1 N–H and O–H groups in total. The van der Waals surface area contributed by atoms with Gasteiger partial charge in [-0.3, -0.25) is 4.68 Å². The number of aryl methyl sites for hydroxylation is 2. The van der Waals surface area contributed by atoms with Crippen molar-refractivity contribution in [2.75, 3.05) is 0 Å². The van der Waals surface area contributed by atoms with Crippen molar-refractivity contribution in [1.29, 1.82) is 0 Å². The lowest BCUT2D eigenvalue weighted by Crippen LogP contribution is -2.09. The van der Waals surface area contributed by atoms with Gasteiger partial charge >= 0.3 is 5.97 Å². The molecule has 0 spiro atoms. The lowest BCUT2D eigenvalue weighted by atomic mass is 10.00. The van der Waals surface area contributed by atoms with Gasteiger partial charge in [-0.25, -0.2) is 4.79 Å². The van der Waals surface area contributed by atoms with Gasteiger partial charge in [-0.15, -0.1) is 5.10 Å². The Morgan fingerprint density at radius 3 is 2.79 bits per heavy atom. The molecule has 0 aliphatic rings. The van der Waals surface area contributed by atoms with E-state index in [1.807, 2.05) is 13.0 Å². The summed E-state index contributed by atoms with van der Waals surface area (Å²) in [6.45, 7) is 2.20. The Kier molecular flexibility index (Phi) is 3.85. The van der Waals surface area contributed by atoms with Gasteiger partial charge in [-0.2, -0.15) is 0 Å². The second kappa shape index (κ2) is 5.56. The molecule has 2 rings (SSSR count). The van der Waals surface area contributed by atoms with Gasteiger partial charge in [0.1, 0.15) is 6.61 Å². The number of carboxylic acid groups (broad SMARTS) is 1. The summed E-state index contributed by atoms with van der Waals surface area (Å²) in [7, 11) is 1.80. The van der Waals surface area contributed by atoms with Gasteiger partial charge in [-0.1, -0.05) is 19.1 Å². The van der Waals surface area contributed by atoms with Crippen molar-refractivity contribution in [3.8, 4) is 5.88 Å². The van der Waals surface area contributed by atoms with Crippen LogP contribution in [0.3, 0.4) is 0 Å². The third kappa shape index (κ3) is 2.93. The van der Waals surface area contributed by atoms with Crippen molar-refractivity contribution in [2.24, 2.45) is 7.05 Å². The number of hydrogen-bond acceptors (Lipinski definition) is 3. The molecule has 19 heavy (non-hydrogen) atoms. The zero-order valence-corrected chi connectivity index (χ0v) is 11.0. The van der Waals surface area contributed by atoms with Gasteiger partial charge in [-0.05, 0) is 18.1 Å². The maximum absolute atomic E-state index is 11.2. The summed E-state index contributed by atoms with van der Waals surface area (Å²) in [5.74, 6) is -0.445. The minimum absolute atomic E-state index is 0.211. The summed E-state index contributed by atoms with van der Waals surface area (Å²) < 4.78 is 7.19. The standard InChI is InChI=1S/C14H16N2O3/c1-3-10-5-4-6-11(14(17)18)12(10)9-19-13-7-8-16(2)15-13/h4-8H,3,9H2,1-2H3,(H,17,18). The number of aromatic carboxylic acids is 1. The van der Waals surface area contributed by atoms with Crippen LogP contribution in [0.15, 0.2) is 30.5 Å². The van der Waals surface area contributed by atoms with Crippen LogP contribution in [-0.2, 0) is 20.1 Å². The fraction of sp³-hybridized carbons (Fsp3) is 0.286. The third-order valence-corrected chi connectivity index (χ3v) is 2.94. The summed E-state index contributed by atoms with van der Waals surface area (Å²) in [5.41, 5.74) is 1.98. The quantitative estimate of drug-likeness (QED) is 0.895. The molecule has 100 valence electrons. The second-order valence-corrected chi connectivity index (χ2v) is 4.22. The molecule has 1 aromatic carbocycles. The number of aromatic nitrogens is 2. The predicted molar refractivity (Wildman–Crippen MR) is 70.3 cm³/mol. The molecule has 5 heteroatoms. The van der Waals surface area contributed by atoms with Crippen molar-refractivity contribution in [3.63, 3.8) is 0 Å². The summed E-state index contributed by atoms with van der Waals surface area (Å²) >= 11 is 0. The van der Waals surface area contributed by atoms with E-state index in [2.05, 4.69) is 5.10 Å². The summed E-state index contributed by atoms with van der Waals surface area (Å²) in [6.07, 6.45) is 2.54. The first-order valence-electron chi connectivity index (χ1n) is 6.08. The molecule has 0 saturated carbocycles. The number of benzene rings is 1. The van der Waals surface area contributed by atoms with Crippen LogP contribution in [0, 0.1) is 0 Å². The fourth-order valence-corrected chi connectivity index (χ4v) is 1.95. The minimum atomic E-state index is -0.935. The predicted octanol–water partition coefficient (Wildman–Crippen LogP) is 2.26. The average molecular weight is 260 g/mol. The molecule has 0 amide bonds. The Morgan fingerprint density at radius 2 is 2.21 bits per heavy atom. The highest BCUT2D eigenvalue weighted by molar-refractivity contribution is 5.89. The van der Waals surface area contributed by atoms with Crippen molar-refractivity contribution in [3.05, 3.63) is 47.2 Å². The lowest BCUT2D eigenvalue weighted by molar-refractivity contribution is 0.0693. The van der Waals surface area contributed by atoms with Crippen LogP contribution in [0.5, 0.6) is 5.88 Å². The third-order valence-electron chi connectivity index (χ3n) is 2.94. The maximum atomic E-state index is 11.2. The molecule has 2 aromatic rings. The fourth-order valence-electron chi connectivity index (χ4n) is 1.95. The molecular formula is C14H16N2O3. The normalized spacial score (nSPS) is 10.4. The first-order valence-corrected chi connectivity index (χ1v) is 6.08. The van der Waals surface area contributed by atoms with Gasteiger partial charge in [0.05, 0.1) is 5.56 Å². The maximum Gasteiger partial charge on any atom is 0.336 e. The molecule has 0 aliphatic heterocycles. The van der Waals surface area contributed by atoms with Crippen molar-refractivity contribution in [2.45, 2.75) is 20.0 Å². The van der Waals surface area contributed by atoms with Gasteiger partial charge in [0, 0.05) is 24.9 Å². The van der Waals surface area contributed by atoms with E-state index in [9.17, 15) is 9.90 Å². The highest BCUT2D eigenvalue weighted by Crippen LogP contribution is 2.18. The first kappa shape index (κ1) is 13.1. The van der Waals surface area contributed by atoms with Crippen LogP contribution in [-0.4, -0.2) is 20.9 Å². The number of carboxylic acids is 1. The SMILES string of the molecule is CCc1cccc(C(=O)O)c1COc1ccn(C)n1. The first-order chi connectivity index (χ1) is 9.11. The zero-order chi connectivity index (χ0) is 13.8. The number of carbonyl (C=O) groups is 1. The number of ether oxygens (including phenoxy) is 1. The Labute approximate surface area is 111 Å². The molecular weight excluding hydrogens is 244 g/mol. The van der Waals surface area contributed by atoms with E-state index in [1.165, 1.54) is 0 Å². The van der Waals surface area contributed by atoms with Crippen LogP contribution in [0.1, 0.15) is 28.4 Å². The molecule has 0 atom stereocenters. The summed E-state index contributed by atoms with van der Waals surface area (Å²) in [4.78, 5) is 11.2. The van der Waals surface area contributed by atoms with Gasteiger partial charge < -0.3 is 9.84 Å². The molecule has 0 aliphatic carbocycles. The molecule has 1 aromatic heterocycles. The lowest BCUT2D eigenvalue weighted by Gasteiger charge is -2.11. The summed E-state index contributed by atoms with van der Waals surface area (Å²) in [5, 5.41) is 13.3. The average Bonchev–Trinajstić information content (AvgIpc) is 2.81. The van der Waals surface area contributed by atoms with Gasteiger partial charge in [0.15, 0.2) is 0 Å². The van der Waals surface area contributed by atoms with E-state index in [-0.39, 0.29) is 12.2 Å². The molecule has 0 bridgehead atoms. The Bertz CT molecular complexity index is 590. The van der Waals surface area contributed by atoms with Crippen LogP contribution in [0.25, 0.3) is 0 Å². The molecule has 5 nitrogen and oxygen atoms in total. The van der Waals surface area contributed by atoms with Crippen LogP contribution < -0.4 is 4.74 Å². The molecule has 0 saturated heterocycles. The Balaban J connectivity index is 2.25. The largest absolute Gasteiger partial charge is 0.478 e. The zero-order valence-electron chi connectivity index (χ0n) is 11.0. The van der Waals surface area contributed by atoms with E-state index < -0.39 is 5.97 Å². The van der Waals surface area contributed by atoms with E-state index in [0.717, 1.165) is 12.0 Å². The van der Waals surface area contributed by atoms with Crippen molar-refractivity contribution in [1.82, 2.24) is 9.78 Å². The molecule has 0 unspecified atom stereocenters. The van der Waals surface area contributed by atoms with Gasteiger partial charge in [0.25, 0.3) is 0 Å². The Morgan fingerprint density at radius 1 is 1.42 bits per heavy atom. The number of rotatable bonds is 5. The topological polar surface area (TPSA) is 64.3 Å². The van der Waals surface area contributed by atoms with Crippen molar-refractivity contribution >= 4 is 5.97 Å². The van der Waals surface area contributed by atoms with Crippen LogP contribution in [0.4, 0.5) is 0 Å². The van der Waals surface area contributed by atoms with E-state index in [0.29, 0.717) is 11.4 Å².